The summed E-state index contributed by atoms with van der Waals surface area (Å²) in [6.45, 7) is 4.19. The summed E-state index contributed by atoms with van der Waals surface area (Å²) >= 11 is 0. The van der Waals surface area contributed by atoms with Crippen molar-refractivity contribution in [1.82, 2.24) is 9.97 Å². The summed E-state index contributed by atoms with van der Waals surface area (Å²) in [5.41, 5.74) is 3.40. The molecule has 1 aliphatic rings. The van der Waals surface area contributed by atoms with Gasteiger partial charge in [0.15, 0.2) is 0 Å². The van der Waals surface area contributed by atoms with E-state index < -0.39 is 0 Å². The van der Waals surface area contributed by atoms with Gasteiger partial charge in [0.1, 0.15) is 17.4 Å². The Kier molecular flexibility index (Phi) is 3.53. The fourth-order valence-corrected chi connectivity index (χ4v) is 2.87. The summed E-state index contributed by atoms with van der Waals surface area (Å²) in [5, 5.41) is 0. The van der Waals surface area contributed by atoms with Crippen molar-refractivity contribution in [2.75, 3.05) is 12.0 Å². The first kappa shape index (κ1) is 13.9. The molecule has 21 heavy (non-hydrogen) atoms. The molecule has 0 saturated carbocycles. The summed E-state index contributed by atoms with van der Waals surface area (Å²) in [6, 6.07) is 7.86. The van der Waals surface area contributed by atoms with Gasteiger partial charge >= 0.3 is 0 Å². The molecule has 3 rings (SSSR count). The fraction of sp³-hybridized carbons (Fsp3) is 0.353. The van der Waals surface area contributed by atoms with Crippen LogP contribution in [0, 0.1) is 19.9 Å². The zero-order valence-corrected chi connectivity index (χ0v) is 12.8. The molecule has 1 unspecified atom stereocenters. The third-order valence-corrected chi connectivity index (χ3v) is 3.92. The number of rotatable bonds is 3. The Labute approximate surface area is 125 Å². The maximum absolute atomic E-state index is 5.20. The first-order chi connectivity index (χ1) is 10.1. The van der Waals surface area contributed by atoms with Crippen LogP contribution in [0.5, 0.6) is 5.75 Å². The van der Waals surface area contributed by atoms with E-state index in [-0.39, 0.29) is 0 Å². The number of anilines is 2. The Morgan fingerprint density at radius 2 is 1.90 bits per heavy atom. The molecule has 0 radical (unpaired) electrons. The number of hydrogen-bond acceptors (Lipinski definition) is 4. The molecule has 1 aromatic heterocycles. The predicted molar refractivity (Wildman–Crippen MR) is 83.8 cm³/mol. The van der Waals surface area contributed by atoms with E-state index in [0.29, 0.717) is 5.92 Å². The van der Waals surface area contributed by atoms with E-state index in [1.54, 1.807) is 7.11 Å². The number of fused-ring (bicyclic) bond motifs is 1. The lowest BCUT2D eigenvalue weighted by molar-refractivity contribution is 0.415. The van der Waals surface area contributed by atoms with Crippen LogP contribution in [-0.4, -0.2) is 17.1 Å². The zero-order chi connectivity index (χ0) is 15.0. The van der Waals surface area contributed by atoms with Crippen LogP contribution in [0.15, 0.2) is 24.3 Å². The van der Waals surface area contributed by atoms with E-state index in [1.165, 1.54) is 11.3 Å². The van der Waals surface area contributed by atoms with Gasteiger partial charge in [-0.05, 0) is 49.9 Å². The van der Waals surface area contributed by atoms with Crippen molar-refractivity contribution in [3.8, 4) is 5.75 Å². The van der Waals surface area contributed by atoms with Crippen molar-refractivity contribution in [3.05, 3.63) is 48.4 Å². The monoisotopic (exact) mass is 282 g/mol. The highest BCUT2D eigenvalue weighted by Gasteiger charge is 2.24. The van der Waals surface area contributed by atoms with Crippen LogP contribution in [-0.2, 0) is 12.8 Å². The van der Waals surface area contributed by atoms with E-state index in [9.17, 15) is 0 Å². The Morgan fingerprint density at radius 3 is 2.57 bits per heavy atom. The Hall–Kier alpha value is -2.10. The average Bonchev–Trinajstić information content (AvgIpc) is 2.85. The van der Waals surface area contributed by atoms with Gasteiger partial charge in [-0.2, -0.15) is 0 Å². The number of aryl methyl sites for hydroxylation is 1. The number of aromatic nitrogens is 2. The van der Waals surface area contributed by atoms with Crippen LogP contribution in [0.2, 0.25) is 0 Å². The number of benzene rings is 1. The van der Waals surface area contributed by atoms with Crippen LogP contribution < -0.4 is 9.64 Å². The van der Waals surface area contributed by atoms with Gasteiger partial charge in [0.25, 0.3) is 0 Å². The van der Waals surface area contributed by atoms with Crippen molar-refractivity contribution in [1.29, 1.82) is 0 Å². The molecule has 0 N–H and O–H groups in total. The normalized spacial score (nSPS) is 16.7. The minimum Gasteiger partial charge on any atom is -0.497 e. The van der Waals surface area contributed by atoms with Crippen LogP contribution in [0.1, 0.15) is 24.0 Å². The van der Waals surface area contributed by atoms with E-state index >= 15 is 0 Å². The second kappa shape index (κ2) is 5.35. The highest BCUT2D eigenvalue weighted by atomic mass is 16.5. The number of hydrogen-bond donors (Lipinski definition) is 0. The summed E-state index contributed by atoms with van der Waals surface area (Å²) in [5.74, 6) is 3.19. The van der Waals surface area contributed by atoms with Gasteiger partial charge in [0.2, 0.25) is 0 Å². The first-order valence-electron chi connectivity index (χ1n) is 7.19. The summed E-state index contributed by atoms with van der Waals surface area (Å²) < 4.78 is 5.20. The molecule has 110 valence electrons. The zero-order valence-electron chi connectivity index (χ0n) is 12.8. The molecule has 1 heterocycles. The molecule has 0 spiro atoms. The fourth-order valence-electron chi connectivity index (χ4n) is 2.87. The van der Waals surface area contributed by atoms with Gasteiger partial charge in [-0.25, -0.2) is 17.0 Å². The molecular formula is C17H20N3O-. The lowest BCUT2D eigenvalue weighted by Gasteiger charge is -2.29. The smallest absolute Gasteiger partial charge is 0.127 e. The Morgan fingerprint density at radius 1 is 1.19 bits per heavy atom. The molecule has 1 aromatic carbocycles. The first-order valence-corrected chi connectivity index (χ1v) is 7.19. The van der Waals surface area contributed by atoms with Gasteiger partial charge in [0, 0.05) is 16.9 Å². The van der Waals surface area contributed by atoms with Crippen LogP contribution in [0.3, 0.4) is 0 Å². The highest BCUT2D eigenvalue weighted by molar-refractivity contribution is 5.65. The van der Waals surface area contributed by atoms with E-state index in [2.05, 4.69) is 23.9 Å². The number of nitrogens with zero attached hydrogens (tertiary/aromatic N) is 3. The standard InChI is InChI=1S/C17H20N3O/c1-11-9-15-16(10-11)18-12(2)19-17(15)20(3)13-5-7-14(21-4)8-6-13/h5-8,11H,3,9-10H2,1-2,4H3/q-1. The minimum atomic E-state index is 0.624. The van der Waals surface area contributed by atoms with Gasteiger partial charge in [-0.15, -0.1) is 0 Å². The number of methoxy groups -OCH3 is 1. The van der Waals surface area contributed by atoms with E-state index in [0.717, 1.165) is 35.9 Å². The van der Waals surface area contributed by atoms with Crippen LogP contribution in [0.4, 0.5) is 11.5 Å². The minimum absolute atomic E-state index is 0.624. The molecule has 1 aliphatic carbocycles. The lowest BCUT2D eigenvalue weighted by Crippen LogP contribution is -2.13. The molecule has 0 fully saturated rings. The lowest BCUT2D eigenvalue weighted by atomic mass is 10.1. The molecular weight excluding hydrogens is 262 g/mol. The largest absolute Gasteiger partial charge is 0.497 e. The van der Waals surface area contributed by atoms with Gasteiger partial charge in [-0.1, -0.05) is 6.92 Å². The summed E-state index contributed by atoms with van der Waals surface area (Å²) in [4.78, 5) is 11.1. The topological polar surface area (TPSA) is 38.2 Å². The average molecular weight is 282 g/mol. The second-order valence-electron chi connectivity index (χ2n) is 5.66. The van der Waals surface area contributed by atoms with Crippen molar-refractivity contribution >= 4 is 11.5 Å². The molecule has 1 atom stereocenters. The Bertz CT molecular complexity index is 652. The number of ether oxygens (including phenoxy) is 1. The van der Waals surface area contributed by atoms with Crippen molar-refractivity contribution in [3.63, 3.8) is 0 Å². The molecule has 0 bridgehead atoms. The highest BCUT2D eigenvalue weighted by Crippen LogP contribution is 2.35. The van der Waals surface area contributed by atoms with Crippen molar-refractivity contribution in [2.24, 2.45) is 5.92 Å². The molecule has 4 nitrogen and oxygen atoms in total. The molecule has 0 aliphatic heterocycles. The molecule has 4 heteroatoms. The van der Waals surface area contributed by atoms with E-state index in [1.807, 2.05) is 36.1 Å². The van der Waals surface area contributed by atoms with Crippen molar-refractivity contribution < 1.29 is 4.74 Å². The second-order valence-corrected chi connectivity index (χ2v) is 5.66. The molecule has 0 saturated heterocycles. The van der Waals surface area contributed by atoms with Crippen molar-refractivity contribution in [2.45, 2.75) is 26.7 Å². The quantitative estimate of drug-likeness (QED) is 0.808. The maximum Gasteiger partial charge on any atom is 0.127 e. The van der Waals surface area contributed by atoms with E-state index in [4.69, 9.17) is 4.74 Å². The molecule has 2 aromatic rings. The third kappa shape index (κ3) is 2.58. The van der Waals surface area contributed by atoms with Crippen LogP contribution >= 0.6 is 0 Å². The summed E-state index contributed by atoms with van der Waals surface area (Å²) in [6.07, 6.45) is 2.05. The summed E-state index contributed by atoms with van der Waals surface area (Å²) in [7, 11) is 5.85. The Balaban J connectivity index is 1.99. The molecule has 0 amide bonds. The maximum atomic E-state index is 5.20. The van der Waals surface area contributed by atoms with Gasteiger partial charge in [-0.3, -0.25) is 0 Å². The third-order valence-electron chi connectivity index (χ3n) is 3.92. The SMILES string of the molecule is [CH2-]N(c1ccc(OC)cc1)c1nc(C)nc2c1CC(C)C2. The predicted octanol–water partition coefficient (Wildman–Crippen LogP) is 3.46. The van der Waals surface area contributed by atoms with Crippen LogP contribution in [0.25, 0.3) is 0 Å². The van der Waals surface area contributed by atoms with Gasteiger partial charge < -0.3 is 9.64 Å². The van der Waals surface area contributed by atoms with Gasteiger partial charge in [0.05, 0.1) is 7.11 Å².